The number of hydrogen-bond donors (Lipinski definition) is 3. The molecule has 7 heteroatoms. The second kappa shape index (κ2) is 2.72. The maximum atomic E-state index is 9.55. The van der Waals surface area contributed by atoms with Gasteiger partial charge in [-0.1, -0.05) is 0 Å². The number of nitrogens with one attached hydrogen (secondary N) is 1. The fraction of sp³-hybridized carbons (Fsp3) is 0.286. The first-order valence-electron chi connectivity index (χ1n) is 3.95. The Kier molecular flexibility index (Phi) is 1.66. The summed E-state index contributed by atoms with van der Waals surface area (Å²) in [6.45, 7) is 0. The van der Waals surface area contributed by atoms with Gasteiger partial charge in [-0.25, -0.2) is 4.99 Å². The molecule has 2 rings (SSSR count). The van der Waals surface area contributed by atoms with Crippen LogP contribution in [0, 0.1) is 0 Å². The van der Waals surface area contributed by atoms with Crippen molar-refractivity contribution in [2.24, 2.45) is 4.99 Å². The van der Waals surface area contributed by atoms with E-state index >= 15 is 0 Å². The molecule has 0 aliphatic heterocycles. The standard InChI is InChI=1S/C7H10N4O3/c1-8-5-3-4-6(10(5)12)11(13)7(9-2)14-4/h3,8,12-13H,1-2H3. The van der Waals surface area contributed by atoms with Gasteiger partial charge in [0.1, 0.15) is 5.82 Å². The van der Waals surface area contributed by atoms with E-state index in [4.69, 9.17) is 4.42 Å². The summed E-state index contributed by atoms with van der Waals surface area (Å²) in [5.74, 6) is 0.421. The summed E-state index contributed by atoms with van der Waals surface area (Å²) < 4.78 is 6.60. The van der Waals surface area contributed by atoms with Crippen molar-refractivity contribution in [1.82, 2.24) is 9.46 Å². The van der Waals surface area contributed by atoms with Crippen LogP contribution in [0.15, 0.2) is 15.5 Å². The van der Waals surface area contributed by atoms with Crippen LogP contribution >= 0.6 is 0 Å². The SMILES string of the molecule is CN=c1oc2cc(NC)n(O)c2n1O. The lowest BCUT2D eigenvalue weighted by Gasteiger charge is -1.99. The van der Waals surface area contributed by atoms with Gasteiger partial charge in [-0.2, -0.15) is 0 Å². The summed E-state index contributed by atoms with van der Waals surface area (Å²) in [4.78, 5) is 3.68. The largest absolute Gasteiger partial charge is 0.425 e. The van der Waals surface area contributed by atoms with Gasteiger partial charge in [-0.15, -0.1) is 9.46 Å². The Morgan fingerprint density at radius 3 is 2.64 bits per heavy atom. The molecule has 76 valence electrons. The number of fused-ring (bicyclic) bond motifs is 1. The number of rotatable bonds is 1. The normalized spacial score (nSPS) is 12.6. The molecule has 0 spiro atoms. The number of oxazole rings is 1. The van der Waals surface area contributed by atoms with E-state index in [2.05, 4.69) is 10.3 Å². The quantitative estimate of drug-likeness (QED) is 0.566. The van der Waals surface area contributed by atoms with Crippen molar-refractivity contribution in [3.63, 3.8) is 0 Å². The van der Waals surface area contributed by atoms with E-state index in [0.29, 0.717) is 16.1 Å². The molecule has 0 fully saturated rings. The molecule has 0 aliphatic rings. The Bertz CT molecular complexity index is 533. The third-order valence-corrected chi connectivity index (χ3v) is 1.95. The van der Waals surface area contributed by atoms with Gasteiger partial charge in [0.25, 0.3) is 0 Å². The highest BCUT2D eigenvalue weighted by Gasteiger charge is 2.15. The number of hydrogen-bond acceptors (Lipinski definition) is 5. The molecule has 2 aromatic heterocycles. The van der Waals surface area contributed by atoms with Crippen LogP contribution in [-0.2, 0) is 0 Å². The van der Waals surface area contributed by atoms with Crippen LogP contribution < -0.4 is 11.0 Å². The first kappa shape index (κ1) is 8.54. The Morgan fingerprint density at radius 2 is 2.14 bits per heavy atom. The molecule has 0 amide bonds. The van der Waals surface area contributed by atoms with Crippen LogP contribution in [0.2, 0.25) is 0 Å². The molecule has 3 N–H and O–H groups in total. The van der Waals surface area contributed by atoms with Crippen LogP contribution in [0.5, 0.6) is 0 Å². The molecular weight excluding hydrogens is 188 g/mol. The van der Waals surface area contributed by atoms with Crippen molar-refractivity contribution in [2.75, 3.05) is 19.4 Å². The zero-order valence-electron chi connectivity index (χ0n) is 7.72. The Balaban J connectivity index is 2.87. The minimum absolute atomic E-state index is 0.0282. The summed E-state index contributed by atoms with van der Waals surface area (Å²) in [6, 6.07) is 1.55. The highest BCUT2D eigenvalue weighted by atomic mass is 16.5. The van der Waals surface area contributed by atoms with Crippen LogP contribution in [0.4, 0.5) is 5.82 Å². The Hall–Kier alpha value is -2.05. The van der Waals surface area contributed by atoms with Crippen molar-refractivity contribution in [1.29, 1.82) is 0 Å². The predicted octanol–water partition coefficient (Wildman–Crippen LogP) is 0.0826. The third-order valence-electron chi connectivity index (χ3n) is 1.95. The number of nitrogens with zero attached hydrogens (tertiary/aromatic N) is 3. The highest BCUT2D eigenvalue weighted by Crippen LogP contribution is 2.19. The van der Waals surface area contributed by atoms with Crippen molar-refractivity contribution in [3.8, 4) is 0 Å². The molecule has 0 aliphatic carbocycles. The van der Waals surface area contributed by atoms with Crippen molar-refractivity contribution >= 4 is 17.0 Å². The Labute approximate surface area is 78.4 Å². The first-order valence-corrected chi connectivity index (χ1v) is 3.95. The molecule has 0 aromatic carbocycles. The maximum Gasteiger partial charge on any atom is 0.333 e. The predicted molar refractivity (Wildman–Crippen MR) is 47.6 cm³/mol. The van der Waals surface area contributed by atoms with Gasteiger partial charge in [-0.05, 0) is 0 Å². The highest BCUT2D eigenvalue weighted by molar-refractivity contribution is 5.75. The monoisotopic (exact) mass is 198 g/mol. The topological polar surface area (TPSA) is 87.9 Å². The van der Waals surface area contributed by atoms with Gasteiger partial charge in [0, 0.05) is 20.2 Å². The summed E-state index contributed by atoms with van der Waals surface area (Å²) >= 11 is 0. The van der Waals surface area contributed by atoms with E-state index in [9.17, 15) is 10.4 Å². The van der Waals surface area contributed by atoms with Crippen LogP contribution in [0.1, 0.15) is 0 Å². The van der Waals surface area contributed by atoms with E-state index in [1.807, 2.05) is 0 Å². The molecule has 0 radical (unpaired) electrons. The molecule has 2 aromatic rings. The molecule has 7 nitrogen and oxygen atoms in total. The maximum absolute atomic E-state index is 9.55. The molecular formula is C7H10N4O3. The molecule has 14 heavy (non-hydrogen) atoms. The van der Waals surface area contributed by atoms with Gasteiger partial charge in [0.2, 0.25) is 5.65 Å². The minimum Gasteiger partial charge on any atom is -0.425 e. The lowest BCUT2D eigenvalue weighted by atomic mass is 10.6. The second-order valence-corrected chi connectivity index (χ2v) is 2.70. The molecule has 0 unspecified atom stereocenters. The molecule has 0 bridgehead atoms. The Morgan fingerprint density at radius 1 is 1.43 bits per heavy atom. The second-order valence-electron chi connectivity index (χ2n) is 2.70. The number of anilines is 1. The summed E-state index contributed by atoms with van der Waals surface area (Å²) in [6.07, 6.45) is 0. The fourth-order valence-corrected chi connectivity index (χ4v) is 1.29. The summed E-state index contributed by atoms with van der Waals surface area (Å²) in [5, 5.41) is 21.8. The molecule has 0 atom stereocenters. The van der Waals surface area contributed by atoms with Crippen molar-refractivity contribution in [2.45, 2.75) is 0 Å². The average molecular weight is 198 g/mol. The van der Waals surface area contributed by atoms with Crippen LogP contribution in [0.25, 0.3) is 11.2 Å². The summed E-state index contributed by atoms with van der Waals surface area (Å²) in [5.41, 5.74) is 0.510. The molecule has 0 saturated heterocycles. The smallest absolute Gasteiger partial charge is 0.333 e. The van der Waals surface area contributed by atoms with E-state index in [1.54, 1.807) is 13.1 Å². The molecule has 0 saturated carbocycles. The first-order chi connectivity index (χ1) is 6.69. The van der Waals surface area contributed by atoms with Gasteiger partial charge in [0.15, 0.2) is 5.58 Å². The lowest BCUT2D eigenvalue weighted by molar-refractivity contribution is 0.142. The third kappa shape index (κ3) is 0.889. The number of aromatic nitrogens is 2. The lowest BCUT2D eigenvalue weighted by Crippen LogP contribution is -2.15. The van der Waals surface area contributed by atoms with E-state index in [0.717, 1.165) is 4.73 Å². The van der Waals surface area contributed by atoms with Gasteiger partial charge in [0.05, 0.1) is 0 Å². The van der Waals surface area contributed by atoms with E-state index in [1.165, 1.54) is 7.05 Å². The van der Waals surface area contributed by atoms with Crippen LogP contribution in [0.3, 0.4) is 0 Å². The van der Waals surface area contributed by atoms with Gasteiger partial charge in [-0.3, -0.25) is 0 Å². The molecule has 2 heterocycles. The van der Waals surface area contributed by atoms with Gasteiger partial charge < -0.3 is 20.1 Å². The van der Waals surface area contributed by atoms with Crippen molar-refractivity contribution < 1.29 is 14.8 Å². The van der Waals surface area contributed by atoms with Crippen LogP contribution in [-0.4, -0.2) is 34.0 Å². The van der Waals surface area contributed by atoms with E-state index < -0.39 is 0 Å². The van der Waals surface area contributed by atoms with E-state index in [-0.39, 0.29) is 11.3 Å². The van der Waals surface area contributed by atoms with Gasteiger partial charge >= 0.3 is 5.68 Å². The zero-order chi connectivity index (χ0) is 10.3. The van der Waals surface area contributed by atoms with Crippen molar-refractivity contribution in [3.05, 3.63) is 11.8 Å². The summed E-state index contributed by atoms with van der Waals surface area (Å²) in [7, 11) is 3.12. The zero-order valence-corrected chi connectivity index (χ0v) is 7.72. The fourth-order valence-electron chi connectivity index (χ4n) is 1.29. The minimum atomic E-state index is 0.0282. The average Bonchev–Trinajstić information content (AvgIpc) is 2.65.